The Balaban J connectivity index is 1.55. The summed E-state index contributed by atoms with van der Waals surface area (Å²) >= 11 is 0. The highest BCUT2D eigenvalue weighted by atomic mass is 16.6. The van der Waals surface area contributed by atoms with E-state index in [-0.39, 0.29) is 22.2 Å². The van der Waals surface area contributed by atoms with E-state index < -0.39 is 17.1 Å². The summed E-state index contributed by atoms with van der Waals surface area (Å²) in [6, 6.07) is 2.28. The number of rotatable bonds is 0. The number of carbonyl (C=O) groups excluding carboxylic acids is 1. The van der Waals surface area contributed by atoms with E-state index in [9.17, 15) is 15.2 Å². The second kappa shape index (κ2) is 4.55. The Hall–Kier alpha value is -0.920. The highest BCUT2D eigenvalue weighted by Gasteiger charge is 2.84. The van der Waals surface area contributed by atoms with Gasteiger partial charge in [0, 0.05) is 5.41 Å². The van der Waals surface area contributed by atoms with Crippen LogP contribution in [0.2, 0.25) is 0 Å². The van der Waals surface area contributed by atoms with Gasteiger partial charge in [0.1, 0.15) is 11.5 Å². The van der Waals surface area contributed by atoms with Crippen LogP contribution < -0.4 is 0 Å². The van der Waals surface area contributed by atoms with Crippen LogP contribution in [0.5, 0.6) is 0 Å². The fourth-order valence-corrected chi connectivity index (χ4v) is 8.47. The number of Topliss-reactive ketones (excluding diaryl/α,β-unsaturated/α-hetero) is 1. The van der Waals surface area contributed by atoms with Crippen LogP contribution in [0.15, 0.2) is 0 Å². The van der Waals surface area contributed by atoms with E-state index in [1.54, 1.807) is 0 Å². The van der Waals surface area contributed by atoms with Gasteiger partial charge in [-0.2, -0.15) is 5.26 Å². The number of ether oxygens (including phenoxy) is 1. The van der Waals surface area contributed by atoms with Crippen molar-refractivity contribution in [2.45, 2.75) is 89.4 Å². The summed E-state index contributed by atoms with van der Waals surface area (Å²) in [6.45, 7) is 8.57. The quantitative estimate of drug-likeness (QED) is 0.672. The third-order valence-electron chi connectivity index (χ3n) is 10.2. The largest absolute Gasteiger partial charge is 0.390 e. The van der Waals surface area contributed by atoms with Crippen LogP contribution in [0, 0.1) is 45.8 Å². The Morgan fingerprint density at radius 2 is 1.69 bits per heavy atom. The van der Waals surface area contributed by atoms with Crippen LogP contribution in [0.1, 0.15) is 72.6 Å². The van der Waals surface area contributed by atoms with Crippen molar-refractivity contribution in [2.24, 2.45) is 34.5 Å². The number of epoxide rings is 1. The SMILES string of the molecule is CC12O[C@]13CC[C@@H]1[C@H](CCC4(C)[C@H]1CC[C@]4(C)O)C3(C)C[C@@H](C#N)C2=O. The van der Waals surface area contributed by atoms with Gasteiger partial charge >= 0.3 is 0 Å². The number of carbonyl (C=O) groups is 1. The molecule has 0 aromatic rings. The molecule has 1 N–H and O–H groups in total. The zero-order valence-corrected chi connectivity index (χ0v) is 16.5. The smallest absolute Gasteiger partial charge is 0.184 e. The third kappa shape index (κ3) is 1.55. The Bertz CT molecular complexity index is 740. The summed E-state index contributed by atoms with van der Waals surface area (Å²) in [5, 5.41) is 20.6. The Labute approximate surface area is 156 Å². The topological polar surface area (TPSA) is 73.6 Å². The summed E-state index contributed by atoms with van der Waals surface area (Å²) in [4.78, 5) is 12.8. The molecule has 0 radical (unpaired) electrons. The van der Waals surface area contributed by atoms with Crippen molar-refractivity contribution in [3.05, 3.63) is 0 Å². The molecule has 1 saturated heterocycles. The van der Waals surface area contributed by atoms with E-state index >= 15 is 0 Å². The minimum Gasteiger partial charge on any atom is -0.390 e. The minimum atomic E-state index is -0.743. The van der Waals surface area contributed by atoms with Crippen LogP contribution >= 0.6 is 0 Å². The fraction of sp³-hybridized carbons (Fsp3) is 0.909. The van der Waals surface area contributed by atoms with Gasteiger partial charge in [-0.15, -0.1) is 0 Å². The lowest BCUT2D eigenvalue weighted by Gasteiger charge is -2.60. The second-order valence-corrected chi connectivity index (χ2v) is 10.8. The van der Waals surface area contributed by atoms with E-state index in [1.165, 1.54) is 0 Å². The van der Waals surface area contributed by atoms with E-state index in [0.29, 0.717) is 24.2 Å². The van der Waals surface area contributed by atoms with Gasteiger partial charge in [-0.05, 0) is 82.0 Å². The Morgan fingerprint density at radius 3 is 2.38 bits per heavy atom. The average Bonchev–Trinajstić information content (AvgIpc) is 3.14. The van der Waals surface area contributed by atoms with Crippen molar-refractivity contribution in [1.29, 1.82) is 5.26 Å². The molecular weight excluding hydrogens is 326 g/mol. The maximum atomic E-state index is 12.8. The lowest BCUT2D eigenvalue weighted by Crippen LogP contribution is -2.62. The van der Waals surface area contributed by atoms with Crippen molar-refractivity contribution in [3.63, 3.8) is 0 Å². The molecule has 26 heavy (non-hydrogen) atoms. The zero-order valence-electron chi connectivity index (χ0n) is 16.5. The number of fused-ring (bicyclic) bond motifs is 4. The first-order chi connectivity index (χ1) is 12.1. The molecule has 142 valence electrons. The van der Waals surface area contributed by atoms with E-state index in [0.717, 1.165) is 38.5 Å². The van der Waals surface area contributed by atoms with Crippen molar-refractivity contribution in [3.8, 4) is 6.07 Å². The highest BCUT2D eigenvalue weighted by Crippen LogP contribution is 2.76. The van der Waals surface area contributed by atoms with E-state index in [4.69, 9.17) is 4.74 Å². The van der Waals surface area contributed by atoms with Crippen molar-refractivity contribution < 1.29 is 14.6 Å². The number of aliphatic hydroxyl groups is 1. The van der Waals surface area contributed by atoms with Crippen LogP contribution in [-0.2, 0) is 9.53 Å². The first kappa shape index (κ1) is 17.2. The number of ketones is 1. The summed E-state index contributed by atoms with van der Waals surface area (Å²) in [5.74, 6) is 1.11. The average molecular weight is 357 g/mol. The van der Waals surface area contributed by atoms with Crippen LogP contribution in [0.25, 0.3) is 0 Å². The maximum Gasteiger partial charge on any atom is 0.184 e. The summed E-state index contributed by atoms with van der Waals surface area (Å²) in [7, 11) is 0. The third-order valence-corrected chi connectivity index (χ3v) is 10.2. The summed E-state index contributed by atoms with van der Waals surface area (Å²) < 4.78 is 6.28. The fourth-order valence-electron chi connectivity index (χ4n) is 8.47. The van der Waals surface area contributed by atoms with Crippen LogP contribution in [-0.4, -0.2) is 27.7 Å². The molecule has 3 unspecified atom stereocenters. The molecule has 5 rings (SSSR count). The second-order valence-electron chi connectivity index (χ2n) is 10.8. The van der Waals surface area contributed by atoms with Gasteiger partial charge < -0.3 is 9.84 Å². The van der Waals surface area contributed by atoms with Crippen LogP contribution in [0.3, 0.4) is 0 Å². The minimum absolute atomic E-state index is 0.00184. The van der Waals surface area contributed by atoms with Gasteiger partial charge in [0.15, 0.2) is 11.4 Å². The van der Waals surface area contributed by atoms with Crippen molar-refractivity contribution in [2.75, 3.05) is 0 Å². The molecule has 0 bridgehead atoms. The van der Waals surface area contributed by atoms with E-state index in [1.807, 2.05) is 13.8 Å². The number of nitriles is 1. The molecule has 4 heteroatoms. The Morgan fingerprint density at radius 1 is 1.04 bits per heavy atom. The monoisotopic (exact) mass is 357 g/mol. The number of hydrogen-bond acceptors (Lipinski definition) is 4. The Kier molecular flexibility index (Phi) is 3.01. The van der Waals surface area contributed by atoms with Gasteiger partial charge in [0.2, 0.25) is 0 Å². The van der Waals surface area contributed by atoms with Crippen LogP contribution in [0.4, 0.5) is 0 Å². The molecule has 4 nitrogen and oxygen atoms in total. The summed E-state index contributed by atoms with van der Waals surface area (Å²) in [6.07, 6.45) is 6.80. The number of nitrogens with zero attached hydrogens (tertiary/aromatic N) is 1. The molecule has 4 saturated carbocycles. The predicted octanol–water partition coefficient (Wildman–Crippen LogP) is 3.62. The molecule has 0 aromatic heterocycles. The first-order valence-electron chi connectivity index (χ1n) is 10.4. The van der Waals surface area contributed by atoms with Crippen molar-refractivity contribution >= 4 is 5.78 Å². The molecule has 9 atom stereocenters. The predicted molar refractivity (Wildman–Crippen MR) is 96.0 cm³/mol. The summed E-state index contributed by atoms with van der Waals surface area (Å²) in [5.41, 5.74) is -1.76. The lowest BCUT2D eigenvalue weighted by atomic mass is 9.42. The van der Waals surface area contributed by atoms with E-state index in [2.05, 4.69) is 19.9 Å². The first-order valence-corrected chi connectivity index (χ1v) is 10.4. The van der Waals surface area contributed by atoms with Gasteiger partial charge in [-0.3, -0.25) is 4.79 Å². The standard InChI is InChI=1S/C22H31NO3/c1-18-8-6-16-14(15(18)7-9-20(18,3)25)5-10-22-19(16,2)11-13(12-23)17(24)21(22,4)26-22/h13-16,25H,5-11H2,1-4H3/t13-,14-,15-,16-,18?,19?,20-,21?,22-/m0/s1. The highest BCUT2D eigenvalue weighted by molar-refractivity contribution is 5.96. The zero-order chi connectivity index (χ0) is 18.8. The van der Waals surface area contributed by atoms with Gasteiger partial charge in [-0.1, -0.05) is 13.8 Å². The molecule has 5 aliphatic rings. The maximum absolute atomic E-state index is 12.8. The molecule has 1 aliphatic heterocycles. The number of hydrogen-bond donors (Lipinski definition) is 1. The molecular formula is C22H31NO3. The van der Waals surface area contributed by atoms with Gasteiger partial charge in [-0.25, -0.2) is 0 Å². The molecule has 4 aliphatic carbocycles. The van der Waals surface area contributed by atoms with Gasteiger partial charge in [0.25, 0.3) is 0 Å². The molecule has 0 aromatic carbocycles. The molecule has 1 spiro atoms. The normalized spacial score (nSPS) is 63.2. The molecule has 0 amide bonds. The van der Waals surface area contributed by atoms with Gasteiger partial charge in [0.05, 0.1) is 11.7 Å². The van der Waals surface area contributed by atoms with Crippen molar-refractivity contribution in [1.82, 2.24) is 0 Å². The lowest BCUT2D eigenvalue weighted by molar-refractivity contribution is -0.153. The molecule has 1 heterocycles. The molecule has 5 fully saturated rings.